The molecule has 3 aromatic heterocycles. The van der Waals surface area contributed by atoms with Gasteiger partial charge in [-0.25, -0.2) is 9.78 Å². The highest BCUT2D eigenvalue weighted by Crippen LogP contribution is 2.39. The number of carbonyl (C=O) groups is 4. The van der Waals surface area contributed by atoms with Crippen molar-refractivity contribution in [2.24, 2.45) is 10.4 Å². The molecule has 0 saturated carbocycles. The minimum atomic E-state index is -1.08. The second-order valence-electron chi connectivity index (χ2n) is 18.5. The maximum absolute atomic E-state index is 14.3. The van der Waals surface area contributed by atoms with Crippen LogP contribution in [0, 0.1) is 44.4 Å². The number of β-amino-alcohol motifs (C(OH)–C–C–N with tert-alkyl or cyclic N) is 1. The molecule has 4 amide bonds. The van der Waals surface area contributed by atoms with Gasteiger partial charge in [-0.05, 0) is 80.0 Å². The molecule has 5 atom stereocenters. The Labute approximate surface area is 413 Å². The molecule has 0 radical (unpaired) electrons. The van der Waals surface area contributed by atoms with Crippen molar-refractivity contribution in [2.75, 3.05) is 20.3 Å². The van der Waals surface area contributed by atoms with Crippen LogP contribution in [0.4, 0.5) is 4.79 Å². The number of aryl methyl sites for hydroxylation is 3. The summed E-state index contributed by atoms with van der Waals surface area (Å²) in [7, 11) is 1.28. The first-order valence-electron chi connectivity index (χ1n) is 22.7. The molecule has 70 heavy (non-hydrogen) atoms. The van der Waals surface area contributed by atoms with Gasteiger partial charge in [0, 0.05) is 29.0 Å². The van der Waals surface area contributed by atoms with Crippen LogP contribution in [-0.4, -0.2) is 97.7 Å². The molecule has 17 nitrogen and oxygen atoms in total. The zero-order valence-electron chi connectivity index (χ0n) is 40.3. The fourth-order valence-electron chi connectivity index (χ4n) is 8.69. The predicted octanol–water partition coefficient (Wildman–Crippen LogP) is 7.18. The number of ether oxygens (including phenoxy) is 2. The van der Waals surface area contributed by atoms with E-state index in [0.29, 0.717) is 17.4 Å². The van der Waals surface area contributed by atoms with Gasteiger partial charge >= 0.3 is 6.09 Å². The summed E-state index contributed by atoms with van der Waals surface area (Å²) >= 11 is 3.15. The third-order valence-electron chi connectivity index (χ3n) is 12.6. The monoisotopic (exact) mass is 982 g/mol. The number of aliphatic hydroxyl groups excluding tert-OH is 1. The van der Waals surface area contributed by atoms with Crippen LogP contribution in [0.2, 0.25) is 0 Å². The molecule has 0 bridgehead atoms. The number of hydrogen-bond donors (Lipinski definition) is 4. The van der Waals surface area contributed by atoms with E-state index in [0.717, 1.165) is 59.4 Å². The number of thiophene rings is 1. The number of nitrogens with zero attached hydrogens (tertiary/aromatic N) is 7. The number of fused-ring (bicyclic) bond motifs is 3. The van der Waals surface area contributed by atoms with E-state index in [1.54, 1.807) is 67.2 Å². The molecule has 5 heterocycles. The summed E-state index contributed by atoms with van der Waals surface area (Å²) in [6, 6.07) is 20.4. The Balaban J connectivity index is 0.936. The Morgan fingerprint density at radius 3 is 2.29 bits per heavy atom. The van der Waals surface area contributed by atoms with Crippen molar-refractivity contribution in [3.05, 3.63) is 122 Å². The third kappa shape index (κ3) is 9.93. The number of nitrogens with one attached hydrogen (secondary N) is 3. The number of likely N-dealkylation sites (tertiary alicyclic amines) is 1. The summed E-state index contributed by atoms with van der Waals surface area (Å²) in [6.07, 6.45) is -2.43. The Morgan fingerprint density at radius 2 is 1.63 bits per heavy atom. The quantitative estimate of drug-likeness (QED) is 0.0961. The van der Waals surface area contributed by atoms with Crippen molar-refractivity contribution in [3.8, 4) is 38.4 Å². The molecule has 1 fully saturated rings. The number of carbonyl (C=O) groups excluding carboxylic acids is 4. The number of methoxy groups -OCH3 is 1. The number of nitriles is 1. The number of amides is 4. The van der Waals surface area contributed by atoms with Gasteiger partial charge in [-0.3, -0.25) is 29.3 Å². The van der Waals surface area contributed by atoms with Crippen LogP contribution in [0.15, 0.2) is 77.2 Å². The van der Waals surface area contributed by atoms with Gasteiger partial charge in [0.1, 0.15) is 34.7 Å². The number of alkyl carbamates (subject to hydrolysis) is 1. The first-order chi connectivity index (χ1) is 33.4. The van der Waals surface area contributed by atoms with Gasteiger partial charge in [0.05, 0.1) is 46.6 Å². The fourth-order valence-corrected chi connectivity index (χ4v) is 10.7. The Morgan fingerprint density at radius 1 is 0.943 bits per heavy atom. The maximum Gasteiger partial charge on any atom is 0.408 e. The van der Waals surface area contributed by atoms with Crippen molar-refractivity contribution < 1.29 is 33.8 Å². The third-order valence-corrected chi connectivity index (χ3v) is 14.8. The van der Waals surface area contributed by atoms with E-state index in [2.05, 4.69) is 37.2 Å². The molecule has 2 unspecified atom stereocenters. The smallest absolute Gasteiger partial charge is 0.408 e. The number of aromatic nitrogens is 4. The average molecular weight is 983 g/mol. The second kappa shape index (κ2) is 20.0. The Bertz CT molecular complexity index is 3050. The predicted molar refractivity (Wildman–Crippen MR) is 266 cm³/mol. The standard InChI is InChI=1S/C51H54N10O7S2/c1-26-29(4)70-49-41(26)42(56-45(57-50(66)67-9)46-59-58-30(5)61(46)49)33-14-12-32(13-15-33)35-18-19-39(36(20-35)22-52)68-24-40(63)55-44(51(6,7)8)48(65)60-23-37(62)21-38(60)47(64)54-27(2)31-10-16-34(17-11-31)43-28(3)53-25-69-43/h10-20,25,27,37-38,44-45,62H,21,23-24H2,1-9H3,(H,54,64)(H,55,63)(H,57,66)/t27-,37+,38-,44?,45?/m0/s1. The number of aliphatic imine (C=N–C) groups is 1. The normalized spacial score (nSPS) is 17.2. The van der Waals surface area contributed by atoms with E-state index in [1.165, 1.54) is 12.0 Å². The van der Waals surface area contributed by atoms with Crippen molar-refractivity contribution >= 4 is 52.2 Å². The Kier molecular flexibility index (Phi) is 14.0. The van der Waals surface area contributed by atoms with Gasteiger partial charge in [0.15, 0.2) is 18.6 Å². The van der Waals surface area contributed by atoms with Gasteiger partial charge < -0.3 is 30.1 Å². The molecule has 3 aromatic carbocycles. The zero-order chi connectivity index (χ0) is 50.2. The van der Waals surface area contributed by atoms with Gasteiger partial charge in [-0.1, -0.05) is 75.4 Å². The maximum atomic E-state index is 14.3. The zero-order valence-corrected chi connectivity index (χ0v) is 41.9. The van der Waals surface area contributed by atoms with E-state index in [-0.39, 0.29) is 30.3 Å². The molecule has 2 aliphatic rings. The minimum Gasteiger partial charge on any atom is -0.482 e. The SMILES string of the molecule is COC(=O)NC1N=C(c2ccc(-c3ccc(OCC(=O)NC(C(=O)N4C[C@H](O)C[C@H]4C(=O)N[C@@H](C)c4ccc(-c5scnc5C)cc4)C(C)(C)C)c(C#N)c3)cc2)c2c(sc(C)c2C)-n2c(C)nnc21. The highest BCUT2D eigenvalue weighted by Gasteiger charge is 2.45. The molecule has 362 valence electrons. The van der Waals surface area contributed by atoms with Crippen LogP contribution < -0.4 is 20.7 Å². The molecule has 1 saturated heterocycles. The number of thiazole rings is 1. The molecule has 6 aromatic rings. The van der Waals surface area contributed by atoms with Crippen LogP contribution in [0.5, 0.6) is 5.75 Å². The number of rotatable bonds is 12. The molecule has 0 aliphatic carbocycles. The lowest BCUT2D eigenvalue weighted by Gasteiger charge is -2.35. The molecule has 2 aliphatic heterocycles. The Hall–Kier alpha value is -7.27. The van der Waals surface area contributed by atoms with Crippen molar-refractivity contribution in [1.82, 2.24) is 40.6 Å². The van der Waals surface area contributed by atoms with Gasteiger partial charge in [-0.2, -0.15) is 5.26 Å². The number of hydrogen-bond acceptors (Lipinski definition) is 14. The topological polar surface area (TPSA) is 226 Å². The first-order valence-corrected chi connectivity index (χ1v) is 24.4. The van der Waals surface area contributed by atoms with Gasteiger partial charge in [-0.15, -0.1) is 32.9 Å². The first kappa shape index (κ1) is 49.2. The number of benzene rings is 3. The molecular formula is C51H54N10O7S2. The number of aliphatic hydroxyl groups is 1. The van der Waals surface area contributed by atoms with E-state index >= 15 is 0 Å². The molecule has 0 spiro atoms. The summed E-state index contributed by atoms with van der Waals surface area (Å²) in [5.41, 5.74) is 8.94. The lowest BCUT2D eigenvalue weighted by Crippen LogP contribution is -2.58. The van der Waals surface area contributed by atoms with Crippen LogP contribution in [0.25, 0.3) is 26.6 Å². The van der Waals surface area contributed by atoms with Crippen molar-refractivity contribution in [3.63, 3.8) is 0 Å². The van der Waals surface area contributed by atoms with Crippen LogP contribution in [0.1, 0.15) is 96.4 Å². The summed E-state index contributed by atoms with van der Waals surface area (Å²) in [6.45, 7) is 14.6. The molecule has 8 rings (SSSR count). The lowest BCUT2D eigenvalue weighted by molar-refractivity contribution is -0.144. The summed E-state index contributed by atoms with van der Waals surface area (Å²) < 4.78 is 12.7. The van der Waals surface area contributed by atoms with Crippen molar-refractivity contribution in [1.29, 1.82) is 5.26 Å². The van der Waals surface area contributed by atoms with Crippen molar-refractivity contribution in [2.45, 2.75) is 92.2 Å². The minimum absolute atomic E-state index is 0.0470. The summed E-state index contributed by atoms with van der Waals surface area (Å²) in [4.78, 5) is 66.9. The van der Waals surface area contributed by atoms with Crippen LogP contribution in [-0.2, 0) is 19.1 Å². The van der Waals surface area contributed by atoms with E-state index in [4.69, 9.17) is 14.5 Å². The highest BCUT2D eigenvalue weighted by molar-refractivity contribution is 7.15. The summed E-state index contributed by atoms with van der Waals surface area (Å²) in [5.74, 6) is -0.253. The molecule has 4 N–H and O–H groups in total. The second-order valence-corrected chi connectivity index (χ2v) is 20.5. The molecule has 19 heteroatoms. The van der Waals surface area contributed by atoms with Crippen LogP contribution >= 0.6 is 22.7 Å². The van der Waals surface area contributed by atoms with E-state index in [9.17, 15) is 29.5 Å². The lowest BCUT2D eigenvalue weighted by atomic mass is 9.85. The fraction of sp³-hybridized carbons (Fsp3) is 0.353. The van der Waals surface area contributed by atoms with E-state index in [1.807, 2.05) is 87.7 Å². The van der Waals surface area contributed by atoms with Gasteiger partial charge in [0.2, 0.25) is 11.8 Å². The van der Waals surface area contributed by atoms with Gasteiger partial charge in [0.25, 0.3) is 5.91 Å². The van der Waals surface area contributed by atoms with Crippen LogP contribution in [0.3, 0.4) is 0 Å². The average Bonchev–Trinajstić information content (AvgIpc) is 4.11. The largest absolute Gasteiger partial charge is 0.482 e. The highest BCUT2D eigenvalue weighted by atomic mass is 32.1. The molecular weight excluding hydrogens is 929 g/mol. The summed E-state index contributed by atoms with van der Waals surface area (Å²) in [5, 5.41) is 39.1. The van der Waals surface area contributed by atoms with E-state index < -0.39 is 60.2 Å².